The summed E-state index contributed by atoms with van der Waals surface area (Å²) in [5.41, 5.74) is 1.27. The van der Waals surface area contributed by atoms with Gasteiger partial charge in [0, 0.05) is 18.0 Å². The van der Waals surface area contributed by atoms with E-state index in [0.717, 1.165) is 6.42 Å². The number of nitrogens with zero attached hydrogens (tertiary/aromatic N) is 1. The van der Waals surface area contributed by atoms with E-state index in [0.29, 0.717) is 40.1 Å². The predicted molar refractivity (Wildman–Crippen MR) is 103 cm³/mol. The van der Waals surface area contributed by atoms with Crippen molar-refractivity contribution < 1.29 is 14.3 Å². The third-order valence-corrected chi connectivity index (χ3v) is 4.62. The minimum atomic E-state index is -0.781. The number of amides is 2. The highest BCUT2D eigenvalue weighted by atomic mass is 35.5. The minimum Gasteiger partial charge on any atom is -0.479 e. The molecule has 5 nitrogen and oxygen atoms in total. The van der Waals surface area contributed by atoms with Crippen LogP contribution < -0.4 is 15.0 Å². The maximum Gasteiger partial charge on any atom is 0.265 e. The van der Waals surface area contributed by atoms with Crippen LogP contribution in [-0.4, -0.2) is 24.5 Å². The maximum atomic E-state index is 12.5. The van der Waals surface area contributed by atoms with E-state index in [4.69, 9.17) is 27.9 Å². The van der Waals surface area contributed by atoms with Gasteiger partial charge in [0.25, 0.3) is 5.91 Å². The molecule has 0 unspecified atom stereocenters. The van der Waals surface area contributed by atoms with Gasteiger partial charge in [-0.2, -0.15) is 0 Å². The summed E-state index contributed by atoms with van der Waals surface area (Å²) < 4.78 is 5.64. The Balaban J connectivity index is 1.72. The van der Waals surface area contributed by atoms with E-state index >= 15 is 0 Å². The molecule has 7 heteroatoms. The van der Waals surface area contributed by atoms with Gasteiger partial charge in [0.1, 0.15) is 5.75 Å². The van der Waals surface area contributed by atoms with Crippen LogP contribution in [0.3, 0.4) is 0 Å². The number of benzene rings is 2. The molecule has 1 heterocycles. The van der Waals surface area contributed by atoms with Crippen molar-refractivity contribution in [1.82, 2.24) is 0 Å². The lowest BCUT2D eigenvalue weighted by atomic mass is 10.2. The Morgan fingerprint density at radius 1 is 1.23 bits per heavy atom. The average Bonchev–Trinajstić information content (AvgIpc) is 3.03. The predicted octanol–water partition coefficient (Wildman–Crippen LogP) is 4.53. The Hall–Kier alpha value is -2.24. The van der Waals surface area contributed by atoms with Gasteiger partial charge in [-0.15, -0.1) is 0 Å². The molecular weight excluding hydrogens is 375 g/mol. The number of halogens is 2. The Kier molecular flexibility index (Phi) is 5.69. The van der Waals surface area contributed by atoms with Crippen molar-refractivity contribution in [1.29, 1.82) is 0 Å². The molecule has 1 N–H and O–H groups in total. The zero-order valence-electron chi connectivity index (χ0n) is 14.2. The molecule has 136 valence electrons. The molecule has 1 fully saturated rings. The van der Waals surface area contributed by atoms with Crippen molar-refractivity contribution in [2.75, 3.05) is 16.8 Å². The van der Waals surface area contributed by atoms with Crippen molar-refractivity contribution in [3.8, 4) is 5.75 Å². The summed E-state index contributed by atoms with van der Waals surface area (Å²) in [7, 11) is 0. The molecule has 3 rings (SSSR count). The van der Waals surface area contributed by atoms with E-state index in [1.54, 1.807) is 42.2 Å². The molecule has 0 aliphatic carbocycles. The highest BCUT2D eigenvalue weighted by molar-refractivity contribution is 6.35. The van der Waals surface area contributed by atoms with Crippen molar-refractivity contribution >= 4 is 46.4 Å². The number of nitrogens with one attached hydrogen (secondary N) is 1. The van der Waals surface area contributed by atoms with Gasteiger partial charge in [0.2, 0.25) is 5.91 Å². The molecule has 2 aromatic carbocycles. The molecule has 1 aliphatic heterocycles. The highest BCUT2D eigenvalue weighted by Crippen LogP contribution is 2.31. The smallest absolute Gasteiger partial charge is 0.265 e. The number of para-hydroxylation sites is 2. The molecule has 2 amide bonds. The standard InChI is InChI=1S/C19H18Cl2N2O3/c1-12(26-17-9-8-13(20)11-14(17)21)19(25)22-15-5-2-3-6-16(15)23-10-4-7-18(23)24/h2-3,5-6,8-9,11-12H,4,7,10H2,1H3,(H,22,25)/t12-/m0/s1. The summed E-state index contributed by atoms with van der Waals surface area (Å²) in [6, 6.07) is 12.0. The first-order valence-electron chi connectivity index (χ1n) is 8.27. The molecule has 26 heavy (non-hydrogen) atoms. The van der Waals surface area contributed by atoms with Crippen LogP contribution >= 0.6 is 23.2 Å². The van der Waals surface area contributed by atoms with Gasteiger partial charge >= 0.3 is 0 Å². The fraction of sp³-hybridized carbons (Fsp3) is 0.263. The fourth-order valence-electron chi connectivity index (χ4n) is 2.77. The number of hydrogen-bond acceptors (Lipinski definition) is 3. The van der Waals surface area contributed by atoms with E-state index in [1.807, 2.05) is 12.1 Å². The van der Waals surface area contributed by atoms with Crippen molar-refractivity contribution in [2.45, 2.75) is 25.9 Å². The summed E-state index contributed by atoms with van der Waals surface area (Å²) in [5.74, 6) is 0.0979. The first-order chi connectivity index (χ1) is 12.5. The van der Waals surface area contributed by atoms with Gasteiger partial charge in [0.05, 0.1) is 16.4 Å². The Morgan fingerprint density at radius 2 is 2.00 bits per heavy atom. The fourth-order valence-corrected chi connectivity index (χ4v) is 3.22. The zero-order valence-corrected chi connectivity index (χ0v) is 15.7. The van der Waals surface area contributed by atoms with Gasteiger partial charge < -0.3 is 15.0 Å². The van der Waals surface area contributed by atoms with Crippen LogP contribution in [0.4, 0.5) is 11.4 Å². The first-order valence-corrected chi connectivity index (χ1v) is 9.03. The lowest BCUT2D eigenvalue weighted by Crippen LogP contribution is -2.31. The van der Waals surface area contributed by atoms with Crippen LogP contribution in [0.1, 0.15) is 19.8 Å². The van der Waals surface area contributed by atoms with Crippen LogP contribution in [-0.2, 0) is 9.59 Å². The van der Waals surface area contributed by atoms with Gasteiger partial charge in [-0.3, -0.25) is 9.59 Å². The molecule has 1 saturated heterocycles. The maximum absolute atomic E-state index is 12.5. The summed E-state index contributed by atoms with van der Waals surface area (Å²) >= 11 is 11.9. The van der Waals surface area contributed by atoms with Crippen LogP contribution in [0, 0.1) is 0 Å². The lowest BCUT2D eigenvalue weighted by molar-refractivity contribution is -0.122. The monoisotopic (exact) mass is 392 g/mol. The van der Waals surface area contributed by atoms with Gasteiger partial charge in [-0.25, -0.2) is 0 Å². The summed E-state index contributed by atoms with van der Waals surface area (Å²) in [4.78, 5) is 26.2. The van der Waals surface area contributed by atoms with Crippen LogP contribution in [0.15, 0.2) is 42.5 Å². The van der Waals surface area contributed by atoms with Crippen LogP contribution in [0.2, 0.25) is 10.0 Å². The number of rotatable bonds is 5. The Morgan fingerprint density at radius 3 is 2.69 bits per heavy atom. The molecule has 1 aliphatic rings. The largest absolute Gasteiger partial charge is 0.479 e. The van der Waals surface area contributed by atoms with E-state index in [-0.39, 0.29) is 11.8 Å². The number of hydrogen-bond donors (Lipinski definition) is 1. The molecule has 0 spiro atoms. The van der Waals surface area contributed by atoms with Gasteiger partial charge in [0.15, 0.2) is 6.10 Å². The van der Waals surface area contributed by atoms with E-state index in [2.05, 4.69) is 5.32 Å². The average molecular weight is 393 g/mol. The minimum absolute atomic E-state index is 0.0592. The number of ether oxygens (including phenoxy) is 1. The topological polar surface area (TPSA) is 58.6 Å². The SMILES string of the molecule is C[C@H](Oc1ccc(Cl)cc1Cl)C(=O)Nc1ccccc1N1CCCC1=O. The summed E-state index contributed by atoms with van der Waals surface area (Å²) in [6.07, 6.45) is 0.558. The lowest BCUT2D eigenvalue weighted by Gasteiger charge is -2.21. The zero-order chi connectivity index (χ0) is 18.7. The summed E-state index contributed by atoms with van der Waals surface area (Å²) in [6.45, 7) is 2.28. The number of carbonyl (C=O) groups excluding carboxylic acids is 2. The second-order valence-electron chi connectivity index (χ2n) is 5.99. The third-order valence-electron chi connectivity index (χ3n) is 4.09. The van der Waals surface area contributed by atoms with E-state index in [9.17, 15) is 9.59 Å². The molecule has 1 atom stereocenters. The molecule has 0 bridgehead atoms. The molecular formula is C19H18Cl2N2O3. The third kappa shape index (κ3) is 4.11. The molecule has 0 aromatic heterocycles. The van der Waals surface area contributed by atoms with Gasteiger partial charge in [-0.05, 0) is 43.7 Å². The van der Waals surface area contributed by atoms with Crippen molar-refractivity contribution in [2.24, 2.45) is 0 Å². The normalized spacial score (nSPS) is 15.0. The van der Waals surface area contributed by atoms with E-state index in [1.165, 1.54) is 0 Å². The molecule has 2 aromatic rings. The quantitative estimate of drug-likeness (QED) is 0.812. The van der Waals surface area contributed by atoms with Crippen LogP contribution in [0.5, 0.6) is 5.75 Å². The number of anilines is 2. The second kappa shape index (κ2) is 7.98. The summed E-state index contributed by atoms with van der Waals surface area (Å²) in [5, 5.41) is 3.65. The van der Waals surface area contributed by atoms with Crippen LogP contribution in [0.25, 0.3) is 0 Å². The van der Waals surface area contributed by atoms with E-state index < -0.39 is 6.10 Å². The van der Waals surface area contributed by atoms with Crippen molar-refractivity contribution in [3.63, 3.8) is 0 Å². The molecule has 0 radical (unpaired) electrons. The highest BCUT2D eigenvalue weighted by Gasteiger charge is 2.25. The molecule has 0 saturated carbocycles. The Bertz CT molecular complexity index is 841. The Labute approximate surface area is 161 Å². The van der Waals surface area contributed by atoms with Gasteiger partial charge in [-0.1, -0.05) is 35.3 Å². The first kappa shape index (κ1) is 18.5. The second-order valence-corrected chi connectivity index (χ2v) is 6.83. The van der Waals surface area contributed by atoms with Crippen molar-refractivity contribution in [3.05, 3.63) is 52.5 Å². The number of carbonyl (C=O) groups is 2.